The number of thiophene rings is 1. The minimum atomic E-state index is -0.169. The molecule has 3 rings (SSSR count). The number of nitrogens with one attached hydrogen (secondary N) is 1. The maximum absolute atomic E-state index is 12.5. The molecule has 3 aromatic rings. The van der Waals surface area contributed by atoms with Gasteiger partial charge in [-0.2, -0.15) is 0 Å². The number of aromatic nitrogens is 2. The molecule has 2 heterocycles. The van der Waals surface area contributed by atoms with Gasteiger partial charge in [0.05, 0.1) is 11.3 Å². The van der Waals surface area contributed by atoms with E-state index in [2.05, 4.69) is 10.3 Å². The van der Waals surface area contributed by atoms with Gasteiger partial charge in [0.2, 0.25) is 5.91 Å². The van der Waals surface area contributed by atoms with E-state index in [1.807, 2.05) is 25.3 Å². The number of carbonyl (C=O) groups is 1. The third-order valence-electron chi connectivity index (χ3n) is 3.72. The molecule has 0 unspecified atom stereocenters. The monoisotopic (exact) mass is 393 g/mol. The lowest BCUT2D eigenvalue weighted by molar-refractivity contribution is -0.113. The molecule has 25 heavy (non-hydrogen) atoms. The number of nitrogens with zero attached hydrogens (tertiary/aromatic N) is 2. The highest BCUT2D eigenvalue weighted by Crippen LogP contribution is 2.24. The van der Waals surface area contributed by atoms with E-state index in [0.29, 0.717) is 32.6 Å². The van der Waals surface area contributed by atoms with Crippen molar-refractivity contribution in [2.75, 3.05) is 11.1 Å². The Morgan fingerprint density at radius 3 is 2.96 bits per heavy atom. The van der Waals surface area contributed by atoms with Crippen LogP contribution in [0.15, 0.2) is 39.6 Å². The van der Waals surface area contributed by atoms with E-state index >= 15 is 0 Å². The van der Waals surface area contributed by atoms with E-state index < -0.39 is 0 Å². The highest BCUT2D eigenvalue weighted by molar-refractivity contribution is 7.99. The van der Waals surface area contributed by atoms with Gasteiger partial charge in [-0.3, -0.25) is 14.2 Å². The van der Waals surface area contributed by atoms with Crippen molar-refractivity contribution in [3.05, 3.63) is 50.6 Å². The molecule has 5 nitrogen and oxygen atoms in total. The number of amides is 1. The van der Waals surface area contributed by atoms with Crippen LogP contribution in [0.2, 0.25) is 5.02 Å². The zero-order valence-electron chi connectivity index (χ0n) is 13.7. The topological polar surface area (TPSA) is 64.0 Å². The summed E-state index contributed by atoms with van der Waals surface area (Å²) in [4.78, 5) is 29.2. The number of halogens is 1. The maximum Gasteiger partial charge on any atom is 0.272 e. The normalized spacial score (nSPS) is 11.0. The number of rotatable bonds is 5. The quantitative estimate of drug-likeness (QED) is 0.522. The van der Waals surface area contributed by atoms with E-state index in [1.165, 1.54) is 23.1 Å². The summed E-state index contributed by atoms with van der Waals surface area (Å²) in [6, 6.07) is 7.20. The molecule has 0 fully saturated rings. The lowest BCUT2D eigenvalue weighted by Gasteiger charge is -2.11. The number of anilines is 1. The molecule has 0 bridgehead atoms. The van der Waals surface area contributed by atoms with Gasteiger partial charge in [-0.25, -0.2) is 4.98 Å². The fourth-order valence-corrected chi connectivity index (χ4v) is 4.19. The van der Waals surface area contributed by atoms with Crippen molar-refractivity contribution in [1.29, 1.82) is 0 Å². The van der Waals surface area contributed by atoms with Gasteiger partial charge in [-0.15, -0.1) is 11.3 Å². The molecular formula is C17H16ClN3O2S2. The van der Waals surface area contributed by atoms with Crippen LogP contribution >= 0.6 is 34.7 Å². The minimum Gasteiger partial charge on any atom is -0.325 e. The first-order chi connectivity index (χ1) is 12.0. The maximum atomic E-state index is 12.5. The van der Waals surface area contributed by atoms with Crippen molar-refractivity contribution in [1.82, 2.24) is 9.55 Å². The average molecular weight is 394 g/mol. The summed E-state index contributed by atoms with van der Waals surface area (Å²) in [6.07, 6.45) is 0. The van der Waals surface area contributed by atoms with Crippen molar-refractivity contribution in [3.63, 3.8) is 0 Å². The highest BCUT2D eigenvalue weighted by atomic mass is 35.5. The first kappa shape index (κ1) is 18.0. The summed E-state index contributed by atoms with van der Waals surface area (Å²) in [5, 5.41) is 5.86. The van der Waals surface area contributed by atoms with Crippen LogP contribution < -0.4 is 10.9 Å². The van der Waals surface area contributed by atoms with Crippen LogP contribution in [0.5, 0.6) is 0 Å². The van der Waals surface area contributed by atoms with Gasteiger partial charge in [0, 0.05) is 17.3 Å². The number of benzene rings is 1. The van der Waals surface area contributed by atoms with Crippen molar-refractivity contribution in [3.8, 4) is 0 Å². The van der Waals surface area contributed by atoms with Crippen LogP contribution in [0.3, 0.4) is 0 Å². The van der Waals surface area contributed by atoms with Gasteiger partial charge in [0.1, 0.15) is 4.70 Å². The van der Waals surface area contributed by atoms with Crippen LogP contribution in [0.4, 0.5) is 5.69 Å². The molecule has 2 aromatic heterocycles. The first-order valence-electron chi connectivity index (χ1n) is 7.67. The van der Waals surface area contributed by atoms with Crippen molar-refractivity contribution in [2.24, 2.45) is 0 Å². The molecule has 0 radical (unpaired) electrons. The number of hydrogen-bond acceptors (Lipinski definition) is 5. The third-order valence-corrected chi connectivity index (χ3v) is 6.00. The summed E-state index contributed by atoms with van der Waals surface area (Å²) >= 11 is 8.71. The lowest BCUT2D eigenvalue weighted by atomic mass is 10.2. The molecule has 1 N–H and O–H groups in total. The van der Waals surface area contributed by atoms with E-state index in [0.717, 1.165) is 5.56 Å². The fraction of sp³-hybridized carbons (Fsp3) is 0.235. The van der Waals surface area contributed by atoms with Gasteiger partial charge in [0.25, 0.3) is 5.56 Å². The Kier molecular flexibility index (Phi) is 5.46. The van der Waals surface area contributed by atoms with Crippen LogP contribution in [-0.2, 0) is 11.3 Å². The summed E-state index contributed by atoms with van der Waals surface area (Å²) in [7, 11) is 0. The van der Waals surface area contributed by atoms with Crippen LogP contribution in [0, 0.1) is 6.92 Å². The molecule has 0 spiro atoms. The zero-order chi connectivity index (χ0) is 18.0. The predicted octanol–water partition coefficient (Wildman–Crippen LogP) is 4.17. The molecule has 1 aromatic carbocycles. The first-order valence-corrected chi connectivity index (χ1v) is 9.91. The van der Waals surface area contributed by atoms with Crippen LogP contribution in [0.1, 0.15) is 12.5 Å². The molecule has 0 aliphatic carbocycles. The van der Waals surface area contributed by atoms with Crippen molar-refractivity contribution in [2.45, 2.75) is 25.5 Å². The molecular weight excluding hydrogens is 378 g/mol. The molecule has 0 aliphatic heterocycles. The minimum absolute atomic E-state index is 0.0592. The second-order valence-electron chi connectivity index (χ2n) is 5.33. The second-order valence-corrected chi connectivity index (χ2v) is 7.59. The van der Waals surface area contributed by atoms with Gasteiger partial charge in [-0.1, -0.05) is 29.4 Å². The van der Waals surface area contributed by atoms with E-state index in [-0.39, 0.29) is 17.2 Å². The number of fused-ring (bicyclic) bond motifs is 1. The second kappa shape index (κ2) is 7.59. The molecule has 130 valence electrons. The Balaban J connectivity index is 1.77. The summed E-state index contributed by atoms with van der Waals surface area (Å²) in [5.74, 6) is -0.00806. The predicted molar refractivity (Wildman–Crippen MR) is 105 cm³/mol. The molecule has 0 saturated carbocycles. The number of hydrogen-bond donors (Lipinski definition) is 1. The van der Waals surface area contributed by atoms with Gasteiger partial charge >= 0.3 is 0 Å². The van der Waals surface area contributed by atoms with Crippen molar-refractivity contribution < 1.29 is 4.79 Å². The number of carbonyl (C=O) groups excluding carboxylic acids is 1. The van der Waals surface area contributed by atoms with Crippen LogP contribution in [0.25, 0.3) is 10.2 Å². The molecule has 1 amide bonds. The molecule has 0 aliphatic rings. The summed E-state index contributed by atoms with van der Waals surface area (Å²) in [5.41, 5.74) is 2.13. The third kappa shape index (κ3) is 3.73. The van der Waals surface area contributed by atoms with Gasteiger partial charge in [-0.05, 0) is 43.0 Å². The lowest BCUT2D eigenvalue weighted by Crippen LogP contribution is -2.22. The molecule has 0 saturated heterocycles. The smallest absolute Gasteiger partial charge is 0.272 e. The van der Waals surface area contributed by atoms with E-state index in [1.54, 1.807) is 22.8 Å². The molecule has 0 atom stereocenters. The van der Waals surface area contributed by atoms with Crippen LogP contribution in [-0.4, -0.2) is 21.2 Å². The van der Waals surface area contributed by atoms with Gasteiger partial charge < -0.3 is 5.32 Å². The fourth-order valence-electron chi connectivity index (χ4n) is 2.37. The number of thioether (sulfide) groups is 1. The zero-order valence-corrected chi connectivity index (χ0v) is 16.1. The SMILES string of the molecule is CCn1c(SCC(=O)Nc2cccc(Cl)c2C)nc2ccsc2c1=O. The summed E-state index contributed by atoms with van der Waals surface area (Å²) in [6.45, 7) is 4.25. The Bertz CT molecular complexity index is 997. The largest absolute Gasteiger partial charge is 0.325 e. The van der Waals surface area contributed by atoms with Gasteiger partial charge in [0.15, 0.2) is 5.16 Å². The van der Waals surface area contributed by atoms with Crippen molar-refractivity contribution >= 4 is 56.5 Å². The Labute approximate surface area is 158 Å². The van der Waals surface area contributed by atoms with E-state index in [9.17, 15) is 9.59 Å². The average Bonchev–Trinajstić information content (AvgIpc) is 3.06. The standard InChI is InChI=1S/C17H16ClN3O2S2/c1-3-21-16(23)15-13(7-8-24-15)20-17(21)25-9-14(22)19-12-6-4-5-11(18)10(12)2/h4-8H,3,9H2,1-2H3,(H,19,22). The highest BCUT2D eigenvalue weighted by Gasteiger charge is 2.14. The summed E-state index contributed by atoms with van der Waals surface area (Å²) < 4.78 is 2.24. The Morgan fingerprint density at radius 2 is 2.20 bits per heavy atom. The Morgan fingerprint density at radius 1 is 1.40 bits per heavy atom. The van der Waals surface area contributed by atoms with E-state index in [4.69, 9.17) is 11.6 Å². The Hall–Kier alpha value is -1.83. The molecule has 8 heteroatoms.